The van der Waals surface area contributed by atoms with Crippen LogP contribution in [-0.2, 0) is 6.42 Å². The van der Waals surface area contributed by atoms with Crippen molar-refractivity contribution in [1.82, 2.24) is 15.2 Å². The Balaban J connectivity index is 2.14. The molecule has 1 N–H and O–H groups in total. The van der Waals surface area contributed by atoms with Gasteiger partial charge in [-0.15, -0.1) is 0 Å². The van der Waals surface area contributed by atoms with Gasteiger partial charge in [0.25, 0.3) is 0 Å². The van der Waals surface area contributed by atoms with E-state index in [9.17, 15) is 0 Å². The topological polar surface area (TPSA) is 28.2 Å². The van der Waals surface area contributed by atoms with Gasteiger partial charge in [0.2, 0.25) is 0 Å². The first-order valence-corrected chi connectivity index (χ1v) is 7.36. The molecule has 0 saturated carbocycles. The van der Waals surface area contributed by atoms with E-state index in [0.29, 0.717) is 5.92 Å². The van der Waals surface area contributed by atoms with Gasteiger partial charge in [-0.1, -0.05) is 20.8 Å². The zero-order valence-corrected chi connectivity index (χ0v) is 12.9. The van der Waals surface area contributed by atoms with Crippen molar-refractivity contribution in [3.63, 3.8) is 0 Å². The fraction of sp³-hybridized carbons (Fsp3) is 0.688. The lowest BCUT2D eigenvalue weighted by Gasteiger charge is -2.22. The van der Waals surface area contributed by atoms with Gasteiger partial charge in [-0.25, -0.2) is 0 Å². The third-order valence-corrected chi connectivity index (χ3v) is 3.20. The molecule has 0 aliphatic heterocycles. The van der Waals surface area contributed by atoms with Gasteiger partial charge in [0, 0.05) is 25.5 Å². The van der Waals surface area contributed by atoms with E-state index in [4.69, 9.17) is 0 Å². The maximum Gasteiger partial charge on any atom is 0.0270 e. The standard InChI is InChI=1S/C16H29N3/c1-14(2)11-18-12-15(3)13-19(4)10-7-16-5-8-17-9-6-16/h5-6,8-9,14-15,18H,7,10-13H2,1-4H3. The molecule has 0 aliphatic rings. The minimum Gasteiger partial charge on any atom is -0.316 e. The first-order chi connectivity index (χ1) is 9.08. The molecule has 1 unspecified atom stereocenters. The van der Waals surface area contributed by atoms with Gasteiger partial charge in [-0.3, -0.25) is 4.98 Å². The molecule has 0 bridgehead atoms. The molecule has 1 aromatic heterocycles. The maximum absolute atomic E-state index is 4.05. The number of pyridine rings is 1. The van der Waals surface area contributed by atoms with E-state index in [0.717, 1.165) is 38.5 Å². The smallest absolute Gasteiger partial charge is 0.0270 e. The van der Waals surface area contributed by atoms with Crippen molar-refractivity contribution in [3.8, 4) is 0 Å². The molecule has 1 rings (SSSR count). The Morgan fingerprint density at radius 2 is 1.84 bits per heavy atom. The molecule has 1 heterocycles. The van der Waals surface area contributed by atoms with Crippen molar-refractivity contribution in [2.24, 2.45) is 11.8 Å². The van der Waals surface area contributed by atoms with Crippen molar-refractivity contribution in [1.29, 1.82) is 0 Å². The van der Waals surface area contributed by atoms with Crippen LogP contribution >= 0.6 is 0 Å². The lowest BCUT2D eigenvalue weighted by Crippen LogP contribution is -2.33. The second-order valence-electron chi connectivity index (χ2n) is 6.02. The number of aromatic nitrogens is 1. The zero-order chi connectivity index (χ0) is 14.1. The third kappa shape index (κ3) is 7.96. The Morgan fingerprint density at radius 3 is 2.47 bits per heavy atom. The van der Waals surface area contributed by atoms with E-state index in [-0.39, 0.29) is 0 Å². The molecule has 0 aliphatic carbocycles. The summed E-state index contributed by atoms with van der Waals surface area (Å²) < 4.78 is 0. The van der Waals surface area contributed by atoms with Gasteiger partial charge in [-0.05, 0) is 56.1 Å². The van der Waals surface area contributed by atoms with Crippen molar-refractivity contribution < 1.29 is 0 Å². The lowest BCUT2D eigenvalue weighted by atomic mass is 10.1. The monoisotopic (exact) mass is 263 g/mol. The molecule has 0 amide bonds. The normalized spacial score (nSPS) is 13.2. The first kappa shape index (κ1) is 16.1. The predicted molar refractivity (Wildman–Crippen MR) is 82.3 cm³/mol. The zero-order valence-electron chi connectivity index (χ0n) is 12.9. The quantitative estimate of drug-likeness (QED) is 0.742. The van der Waals surface area contributed by atoms with Crippen LogP contribution in [0, 0.1) is 11.8 Å². The number of nitrogens with one attached hydrogen (secondary N) is 1. The van der Waals surface area contributed by atoms with Crippen LogP contribution in [0.5, 0.6) is 0 Å². The number of nitrogens with zero attached hydrogens (tertiary/aromatic N) is 2. The van der Waals surface area contributed by atoms with E-state index < -0.39 is 0 Å². The van der Waals surface area contributed by atoms with E-state index >= 15 is 0 Å². The summed E-state index contributed by atoms with van der Waals surface area (Å²) in [5, 5.41) is 3.53. The van der Waals surface area contributed by atoms with Crippen molar-refractivity contribution in [2.75, 3.05) is 33.2 Å². The largest absolute Gasteiger partial charge is 0.316 e. The molecule has 19 heavy (non-hydrogen) atoms. The van der Waals surface area contributed by atoms with Gasteiger partial charge in [0.1, 0.15) is 0 Å². The summed E-state index contributed by atoms with van der Waals surface area (Å²) in [6, 6.07) is 4.20. The highest BCUT2D eigenvalue weighted by Crippen LogP contribution is 2.02. The molecule has 0 fully saturated rings. The fourth-order valence-electron chi connectivity index (χ4n) is 2.18. The molecule has 1 aromatic rings. The minimum atomic E-state index is 0.696. The highest BCUT2D eigenvalue weighted by molar-refractivity contribution is 5.09. The number of hydrogen-bond acceptors (Lipinski definition) is 3. The second-order valence-corrected chi connectivity index (χ2v) is 6.02. The molecule has 108 valence electrons. The van der Waals surface area contributed by atoms with Gasteiger partial charge < -0.3 is 10.2 Å². The second kappa shape index (κ2) is 9.05. The maximum atomic E-state index is 4.05. The molecular weight excluding hydrogens is 234 g/mol. The van der Waals surface area contributed by atoms with E-state index in [1.165, 1.54) is 5.56 Å². The SMILES string of the molecule is CC(C)CNCC(C)CN(C)CCc1ccncc1. The number of rotatable bonds is 9. The average Bonchev–Trinajstić information content (AvgIpc) is 2.37. The lowest BCUT2D eigenvalue weighted by molar-refractivity contribution is 0.282. The summed E-state index contributed by atoms with van der Waals surface area (Å²) in [6.45, 7) is 11.3. The third-order valence-electron chi connectivity index (χ3n) is 3.20. The summed E-state index contributed by atoms with van der Waals surface area (Å²) in [4.78, 5) is 6.47. The van der Waals surface area contributed by atoms with Gasteiger partial charge in [0.15, 0.2) is 0 Å². The Bertz CT molecular complexity index is 324. The summed E-state index contributed by atoms with van der Waals surface area (Å²) in [6.07, 6.45) is 4.84. The van der Waals surface area contributed by atoms with Crippen LogP contribution < -0.4 is 5.32 Å². The van der Waals surface area contributed by atoms with Crippen LogP contribution in [0.3, 0.4) is 0 Å². The Labute approximate surface area is 118 Å². The van der Waals surface area contributed by atoms with Gasteiger partial charge >= 0.3 is 0 Å². The first-order valence-electron chi connectivity index (χ1n) is 7.36. The number of hydrogen-bond donors (Lipinski definition) is 1. The van der Waals surface area contributed by atoms with Crippen molar-refractivity contribution >= 4 is 0 Å². The average molecular weight is 263 g/mol. The van der Waals surface area contributed by atoms with Crippen LogP contribution in [0.4, 0.5) is 0 Å². The molecular formula is C16H29N3. The van der Waals surface area contributed by atoms with E-state index in [1.54, 1.807) is 0 Å². The van der Waals surface area contributed by atoms with Crippen molar-refractivity contribution in [3.05, 3.63) is 30.1 Å². The van der Waals surface area contributed by atoms with Crippen LogP contribution in [0.25, 0.3) is 0 Å². The Kier molecular flexibility index (Phi) is 7.68. The summed E-state index contributed by atoms with van der Waals surface area (Å²) in [5.74, 6) is 1.43. The predicted octanol–water partition coefficient (Wildman–Crippen LogP) is 2.44. The summed E-state index contributed by atoms with van der Waals surface area (Å²) in [5.41, 5.74) is 1.37. The van der Waals surface area contributed by atoms with E-state index in [2.05, 4.69) is 55.2 Å². The molecule has 3 heteroatoms. The van der Waals surface area contributed by atoms with Crippen molar-refractivity contribution in [2.45, 2.75) is 27.2 Å². The molecule has 0 radical (unpaired) electrons. The summed E-state index contributed by atoms with van der Waals surface area (Å²) >= 11 is 0. The molecule has 0 saturated heterocycles. The molecule has 0 spiro atoms. The van der Waals surface area contributed by atoms with Crippen LogP contribution in [0.1, 0.15) is 26.3 Å². The molecule has 1 atom stereocenters. The van der Waals surface area contributed by atoms with E-state index in [1.807, 2.05) is 12.4 Å². The number of likely N-dealkylation sites (N-methyl/N-ethyl adjacent to an activating group) is 1. The minimum absolute atomic E-state index is 0.696. The van der Waals surface area contributed by atoms with Gasteiger partial charge in [0.05, 0.1) is 0 Å². The fourth-order valence-corrected chi connectivity index (χ4v) is 2.18. The summed E-state index contributed by atoms with van der Waals surface area (Å²) in [7, 11) is 2.21. The Morgan fingerprint density at radius 1 is 1.16 bits per heavy atom. The van der Waals surface area contributed by atoms with Crippen LogP contribution in [0.2, 0.25) is 0 Å². The highest BCUT2D eigenvalue weighted by Gasteiger charge is 2.06. The highest BCUT2D eigenvalue weighted by atomic mass is 15.1. The van der Waals surface area contributed by atoms with Crippen LogP contribution in [-0.4, -0.2) is 43.1 Å². The molecule has 3 nitrogen and oxygen atoms in total. The van der Waals surface area contributed by atoms with Crippen LogP contribution in [0.15, 0.2) is 24.5 Å². The van der Waals surface area contributed by atoms with Gasteiger partial charge in [-0.2, -0.15) is 0 Å². The molecule has 0 aromatic carbocycles. The Hall–Kier alpha value is -0.930.